The highest BCUT2D eigenvalue weighted by Gasteiger charge is 2.20. The largest absolute Gasteiger partial charge is 0.271 e. The van der Waals surface area contributed by atoms with Crippen LogP contribution in [0.15, 0.2) is 21.7 Å². The first-order valence-corrected chi connectivity index (χ1v) is 5.47. The van der Waals surface area contributed by atoms with Crippen molar-refractivity contribution in [2.24, 2.45) is 10.3 Å². The topological polar surface area (TPSA) is 31.2 Å². The van der Waals surface area contributed by atoms with Crippen LogP contribution in [0.25, 0.3) is 0 Å². The summed E-state index contributed by atoms with van der Waals surface area (Å²) in [7, 11) is 0. The summed E-state index contributed by atoms with van der Waals surface area (Å²) in [5.41, 5.74) is 2.44. The molecule has 1 aliphatic heterocycles. The van der Waals surface area contributed by atoms with E-state index >= 15 is 0 Å². The smallest absolute Gasteiger partial charge is 0.0856 e. The van der Waals surface area contributed by atoms with Crippen LogP contribution in [0.4, 0.5) is 0 Å². The summed E-state index contributed by atoms with van der Waals surface area (Å²) in [5.74, 6) is 0. The quantitative estimate of drug-likeness (QED) is 0.692. The summed E-state index contributed by atoms with van der Waals surface area (Å²) in [5, 5.41) is 12.6. The molecule has 0 unspecified atom stereocenters. The van der Waals surface area contributed by atoms with E-state index in [9.17, 15) is 0 Å². The molecule has 1 heterocycles. The maximum absolute atomic E-state index is 4.24. The molecule has 1 rings (SSSR count). The Labute approximate surface area is 86.2 Å². The molecule has 4 nitrogen and oxygen atoms in total. The second kappa shape index (κ2) is 4.98. The predicted molar refractivity (Wildman–Crippen MR) is 57.2 cm³/mol. The normalized spacial score (nSPS) is 16.9. The summed E-state index contributed by atoms with van der Waals surface area (Å²) in [4.78, 5) is 0. The molecule has 4 heteroatoms. The SMILES string of the molecule is CCC1=C(CC)N(CC)N(CC)N=N1. The Balaban J connectivity index is 2.95. The molecule has 1 aliphatic rings. The molecule has 0 fully saturated rings. The van der Waals surface area contributed by atoms with Crippen molar-refractivity contribution >= 4 is 0 Å². The van der Waals surface area contributed by atoms with E-state index in [-0.39, 0.29) is 0 Å². The maximum atomic E-state index is 4.24. The first kappa shape index (κ1) is 11.0. The van der Waals surface area contributed by atoms with E-state index in [0.717, 1.165) is 31.6 Å². The Hall–Kier alpha value is -1.06. The lowest BCUT2D eigenvalue weighted by atomic mass is 10.2. The zero-order valence-electron chi connectivity index (χ0n) is 9.62. The molecule has 0 saturated heterocycles. The lowest BCUT2D eigenvalue weighted by Crippen LogP contribution is -2.40. The number of hydrogen-bond donors (Lipinski definition) is 0. The summed E-state index contributed by atoms with van der Waals surface area (Å²) < 4.78 is 0. The third-order valence-electron chi connectivity index (χ3n) is 2.44. The Morgan fingerprint density at radius 2 is 1.71 bits per heavy atom. The third-order valence-corrected chi connectivity index (χ3v) is 2.44. The Morgan fingerprint density at radius 3 is 2.14 bits per heavy atom. The van der Waals surface area contributed by atoms with Gasteiger partial charge in [-0.2, -0.15) is 5.12 Å². The molecule has 80 valence electrons. The van der Waals surface area contributed by atoms with E-state index in [4.69, 9.17) is 0 Å². The number of hydrazine groups is 1. The first-order valence-electron chi connectivity index (χ1n) is 5.47. The molecule has 0 amide bonds. The van der Waals surface area contributed by atoms with Crippen molar-refractivity contribution in [2.45, 2.75) is 40.5 Å². The highest BCUT2D eigenvalue weighted by Crippen LogP contribution is 2.24. The van der Waals surface area contributed by atoms with Crippen LogP contribution >= 0.6 is 0 Å². The predicted octanol–water partition coefficient (Wildman–Crippen LogP) is 2.96. The molecular formula is C10H20N4. The molecule has 14 heavy (non-hydrogen) atoms. The van der Waals surface area contributed by atoms with Gasteiger partial charge in [0.05, 0.1) is 17.9 Å². The van der Waals surface area contributed by atoms with Gasteiger partial charge in [-0.15, -0.1) is 5.11 Å². The van der Waals surface area contributed by atoms with Crippen LogP contribution < -0.4 is 0 Å². The molecular weight excluding hydrogens is 176 g/mol. The van der Waals surface area contributed by atoms with Gasteiger partial charge in [0.15, 0.2) is 0 Å². The monoisotopic (exact) mass is 196 g/mol. The van der Waals surface area contributed by atoms with Crippen LogP contribution in [0.3, 0.4) is 0 Å². The Bertz CT molecular complexity index is 245. The fraction of sp³-hybridized carbons (Fsp3) is 0.800. The second-order valence-corrected chi connectivity index (χ2v) is 3.19. The van der Waals surface area contributed by atoms with Gasteiger partial charge in [0.1, 0.15) is 0 Å². The van der Waals surface area contributed by atoms with E-state index in [0.29, 0.717) is 0 Å². The van der Waals surface area contributed by atoms with E-state index in [1.54, 1.807) is 0 Å². The van der Waals surface area contributed by atoms with E-state index < -0.39 is 0 Å². The van der Waals surface area contributed by atoms with Gasteiger partial charge in [0.2, 0.25) is 0 Å². The van der Waals surface area contributed by atoms with Gasteiger partial charge in [-0.05, 0) is 26.7 Å². The molecule has 0 N–H and O–H groups in total. The van der Waals surface area contributed by atoms with Crippen LogP contribution in [0.2, 0.25) is 0 Å². The van der Waals surface area contributed by atoms with Gasteiger partial charge in [-0.1, -0.05) is 19.1 Å². The molecule has 0 spiro atoms. The van der Waals surface area contributed by atoms with Crippen molar-refractivity contribution in [3.63, 3.8) is 0 Å². The standard InChI is InChI=1S/C10H20N4/c1-5-9-10(6-2)13(7-3)14(8-4)12-11-9/h5-8H2,1-4H3. The van der Waals surface area contributed by atoms with Gasteiger partial charge in [-0.25, -0.2) is 0 Å². The zero-order chi connectivity index (χ0) is 10.6. The number of nitrogens with zero attached hydrogens (tertiary/aromatic N) is 4. The Morgan fingerprint density at radius 1 is 1.00 bits per heavy atom. The molecule has 0 saturated carbocycles. The minimum atomic E-state index is 0.873. The van der Waals surface area contributed by atoms with E-state index in [1.807, 2.05) is 5.12 Å². The summed E-state index contributed by atoms with van der Waals surface area (Å²) >= 11 is 0. The lowest BCUT2D eigenvalue weighted by Gasteiger charge is -2.36. The van der Waals surface area contributed by atoms with Gasteiger partial charge in [0, 0.05) is 6.54 Å². The molecule has 0 bridgehead atoms. The lowest BCUT2D eigenvalue weighted by molar-refractivity contribution is -0.00178. The maximum Gasteiger partial charge on any atom is 0.0856 e. The first-order chi connectivity index (χ1) is 6.78. The van der Waals surface area contributed by atoms with Crippen LogP contribution in [0.5, 0.6) is 0 Å². The third kappa shape index (κ3) is 1.89. The van der Waals surface area contributed by atoms with Gasteiger partial charge in [-0.3, -0.25) is 5.01 Å². The number of hydrogen-bond acceptors (Lipinski definition) is 4. The highest BCUT2D eigenvalue weighted by molar-refractivity contribution is 5.11. The summed E-state index contributed by atoms with van der Waals surface area (Å²) in [6.45, 7) is 10.4. The fourth-order valence-electron chi connectivity index (χ4n) is 1.75. The molecule has 0 aromatic carbocycles. The fourth-order valence-corrected chi connectivity index (χ4v) is 1.75. The van der Waals surface area contributed by atoms with Crippen molar-refractivity contribution < 1.29 is 0 Å². The minimum Gasteiger partial charge on any atom is -0.271 e. The van der Waals surface area contributed by atoms with Crippen molar-refractivity contribution in [1.82, 2.24) is 10.1 Å². The van der Waals surface area contributed by atoms with Crippen LogP contribution in [-0.4, -0.2) is 23.2 Å². The van der Waals surface area contributed by atoms with Gasteiger partial charge >= 0.3 is 0 Å². The van der Waals surface area contributed by atoms with Crippen LogP contribution in [-0.2, 0) is 0 Å². The van der Waals surface area contributed by atoms with E-state index in [1.165, 1.54) is 5.70 Å². The molecule has 0 atom stereocenters. The summed E-state index contributed by atoms with van der Waals surface area (Å²) in [6.07, 6.45) is 1.98. The van der Waals surface area contributed by atoms with Crippen LogP contribution in [0, 0.1) is 0 Å². The second-order valence-electron chi connectivity index (χ2n) is 3.19. The van der Waals surface area contributed by atoms with Crippen molar-refractivity contribution in [3.05, 3.63) is 11.4 Å². The molecule has 0 aliphatic carbocycles. The van der Waals surface area contributed by atoms with E-state index in [2.05, 4.69) is 43.0 Å². The van der Waals surface area contributed by atoms with Crippen LogP contribution in [0.1, 0.15) is 40.5 Å². The van der Waals surface area contributed by atoms with Crippen molar-refractivity contribution in [2.75, 3.05) is 13.1 Å². The zero-order valence-corrected chi connectivity index (χ0v) is 9.62. The average Bonchev–Trinajstić information content (AvgIpc) is 2.26. The number of allylic oxidation sites excluding steroid dienone is 2. The van der Waals surface area contributed by atoms with Crippen molar-refractivity contribution in [3.8, 4) is 0 Å². The van der Waals surface area contributed by atoms with Gasteiger partial charge in [0.25, 0.3) is 0 Å². The number of rotatable bonds is 4. The van der Waals surface area contributed by atoms with Crippen molar-refractivity contribution in [1.29, 1.82) is 0 Å². The van der Waals surface area contributed by atoms with Gasteiger partial charge < -0.3 is 0 Å². The average molecular weight is 196 g/mol. The highest BCUT2D eigenvalue weighted by atomic mass is 15.8. The molecule has 0 radical (unpaired) electrons. The minimum absolute atomic E-state index is 0.873. The molecule has 0 aromatic rings. The molecule has 0 aromatic heterocycles. The summed E-state index contributed by atoms with van der Waals surface area (Å²) in [6, 6.07) is 0. The Kier molecular flexibility index (Phi) is 3.92.